The lowest BCUT2D eigenvalue weighted by Gasteiger charge is -2.43. The second-order valence-corrected chi connectivity index (χ2v) is 39.5. The van der Waals surface area contributed by atoms with Gasteiger partial charge in [-0.05, 0) is 196 Å². The van der Waals surface area contributed by atoms with Crippen LogP contribution in [0.1, 0.15) is 87.4 Å². The van der Waals surface area contributed by atoms with Crippen molar-refractivity contribution in [2.24, 2.45) is 14.1 Å². The molecule has 0 amide bonds. The molecule has 5 aromatic carbocycles. The van der Waals surface area contributed by atoms with E-state index in [4.69, 9.17) is 41.5 Å². The molecule has 4 fully saturated rings. The van der Waals surface area contributed by atoms with Crippen LogP contribution in [0.5, 0.6) is 11.5 Å². The van der Waals surface area contributed by atoms with Crippen LogP contribution in [0, 0.1) is 18.6 Å². The predicted molar refractivity (Wildman–Crippen MR) is 466 cm³/mol. The Kier molecular flexibility index (Phi) is 33.1. The van der Waals surface area contributed by atoms with E-state index in [0.29, 0.717) is 68.2 Å². The Morgan fingerprint density at radius 1 is 0.600 bits per heavy atom. The van der Waals surface area contributed by atoms with Gasteiger partial charge in [0.05, 0.1) is 68.1 Å². The lowest BCUT2D eigenvalue weighted by molar-refractivity contribution is 0.0982. The Bertz CT molecular complexity index is 4950. The fourth-order valence-electron chi connectivity index (χ4n) is 14.3. The summed E-state index contributed by atoms with van der Waals surface area (Å²) in [6, 6.07) is 22.5. The zero-order chi connectivity index (χ0) is 83.6. The molecule has 624 valence electrons. The zero-order valence-corrected chi connectivity index (χ0v) is 74.8. The molecule has 35 heteroatoms. The minimum absolute atomic E-state index is 0.0325. The molecule has 0 atom stereocenters. The Hall–Kier alpha value is -7.58. The number of piperidine rings is 2. The summed E-state index contributed by atoms with van der Waals surface area (Å²) in [5.41, 5.74) is 15.8. The smallest absolute Gasteiger partial charge is 0.294 e. The van der Waals surface area contributed by atoms with Gasteiger partial charge in [0.25, 0.3) is 10.1 Å². The Morgan fingerprint density at radius 2 is 1.03 bits per heavy atom. The number of anilines is 7. The number of ether oxygens (including phenoxy) is 2. The highest BCUT2D eigenvalue weighted by Gasteiger charge is 2.33. The lowest BCUT2D eigenvalue weighted by Crippen LogP contribution is -2.52. The number of aromatic nitrogens is 10. The lowest BCUT2D eigenvalue weighted by atomic mass is 9.98. The summed E-state index contributed by atoms with van der Waals surface area (Å²) in [4.78, 5) is 35.2. The minimum Gasteiger partial charge on any atom is -0.496 e. The van der Waals surface area contributed by atoms with Gasteiger partial charge in [0.15, 0.2) is 0 Å². The van der Waals surface area contributed by atoms with Gasteiger partial charge in [0, 0.05) is 170 Å². The summed E-state index contributed by atoms with van der Waals surface area (Å²) >= 11 is 12.7. The standard InChI is InChI=1S/C35H46BrFN9O2P.C19H32N4O.C15H14BrClFN6OP.C7H8O3S.C4H10O/c1-7-23-18-24(31(48-4)20-30(23)46-12-10-25(11-13-46)45-16-14-43(2)15-17-45)19-32-38-21-27(36)35(41-32)40-28-9-8-26(29-22-39-44(3)42-29)33(37)34(28)49(5,6)47;1-4-15-13-17(20)19(24-3)14-18(15)23-7-5-16(6-8-23)22-11-9-21(2)10-12-22;1-24-20-7-11(23-24)8-4-5-10(13(12(8)18)26(2,3)25)21-14-9(16)6-19-15(17)22-14;1-6-2-4-7(5-3-6)11(8,9)10;1-2-3-4-5/h8-9,18,20-22,25H,7,10-17,19H2,1-6H3,(H,38,40,41);13-14,16H,4-12,20H2,1-3H3;4-7H,1-3H3,(H,19,21,22);2-5H,1H3,(H,8,9,10);5H,2-4H2,1H3. The van der Waals surface area contributed by atoms with Crippen molar-refractivity contribution in [2.75, 3.05) is 166 Å². The number of halogens is 5. The molecule has 0 aliphatic carbocycles. The third-order valence-electron chi connectivity index (χ3n) is 20.6. The third kappa shape index (κ3) is 24.8. The van der Waals surface area contributed by atoms with E-state index >= 15 is 8.78 Å². The molecule has 27 nitrogen and oxygen atoms in total. The van der Waals surface area contributed by atoms with Crippen molar-refractivity contribution in [3.05, 3.63) is 152 Å². The fraction of sp³-hybridized carbons (Fsp3) is 0.475. The van der Waals surface area contributed by atoms with E-state index < -0.39 is 36.0 Å². The SMILES string of the molecule is CCCCO.CCc1cc(Cc2ncc(Br)c(Nc3ccc(-c4cnn(C)n4)c(F)c3P(C)(C)=O)n2)c(OC)cc1N1CCC(N2CCN(C)CC2)CC1.CCc1cc(N)c(OC)cc1N1CCC(N2CCN(C)CC2)CC1.Cc1ccc(S(=O)(=O)O)cc1.Cn1ncc(-c2ccc(Nc3nc(Cl)ncc3Br)c(P(C)(C)=O)c2F)n1. The quantitative estimate of drug-likeness (QED) is 0.0193. The highest BCUT2D eigenvalue weighted by molar-refractivity contribution is 9.11. The largest absolute Gasteiger partial charge is 0.496 e. The second-order valence-electron chi connectivity index (χ2n) is 29.7. The van der Waals surface area contributed by atoms with Crippen molar-refractivity contribution in [3.63, 3.8) is 0 Å². The fourth-order valence-corrected chi connectivity index (χ4v) is 18.1. The minimum atomic E-state index is -4.02. The maximum absolute atomic E-state index is 16.0. The summed E-state index contributed by atoms with van der Waals surface area (Å²) in [7, 11) is 1.06. The molecule has 4 aliphatic heterocycles. The molecule has 4 saturated heterocycles. The molecular weight excluding hydrogens is 1680 g/mol. The molecule has 0 bridgehead atoms. The molecule has 0 saturated carbocycles. The van der Waals surface area contributed by atoms with Crippen LogP contribution in [0.15, 0.2) is 111 Å². The van der Waals surface area contributed by atoms with Crippen molar-refractivity contribution >= 4 is 119 Å². The van der Waals surface area contributed by atoms with Gasteiger partial charge in [-0.2, -0.15) is 43.4 Å². The average molecular weight is 1790 g/mol. The first kappa shape index (κ1) is 91.3. The Morgan fingerprint density at radius 3 is 1.43 bits per heavy atom. The van der Waals surface area contributed by atoms with Crippen molar-refractivity contribution in [1.82, 2.24) is 69.5 Å². The molecule has 13 rings (SSSR count). The van der Waals surface area contributed by atoms with E-state index in [2.05, 4.69) is 166 Å². The van der Waals surface area contributed by atoms with E-state index in [1.807, 2.05) is 6.92 Å². The van der Waals surface area contributed by atoms with Gasteiger partial charge in [0.1, 0.15) is 66.3 Å². The van der Waals surface area contributed by atoms with Gasteiger partial charge in [-0.25, -0.2) is 23.7 Å². The number of hydrogen-bond donors (Lipinski definition) is 5. The molecule has 8 heterocycles. The first-order chi connectivity index (χ1) is 54.6. The number of rotatable bonds is 21. The van der Waals surface area contributed by atoms with E-state index in [-0.39, 0.29) is 31.9 Å². The first-order valence-electron chi connectivity index (χ1n) is 38.5. The number of aliphatic hydroxyl groups is 1. The van der Waals surface area contributed by atoms with Gasteiger partial charge in [0.2, 0.25) is 5.28 Å². The van der Waals surface area contributed by atoms with Crippen LogP contribution in [0.4, 0.5) is 48.9 Å². The van der Waals surface area contributed by atoms with Gasteiger partial charge in [-0.3, -0.25) is 14.4 Å². The number of nitrogens with two attached hydrogens (primary N) is 1. The number of likely N-dealkylation sites (N-methyl/N-ethyl adjacent to an activating group) is 2. The van der Waals surface area contributed by atoms with E-state index in [1.54, 1.807) is 84.2 Å². The molecule has 0 spiro atoms. The third-order valence-corrected chi connectivity index (χ3v) is 25.9. The van der Waals surface area contributed by atoms with Crippen LogP contribution < -0.4 is 46.2 Å². The van der Waals surface area contributed by atoms with Crippen LogP contribution in [-0.2, 0) is 52.6 Å². The molecule has 4 aromatic heterocycles. The zero-order valence-electron chi connectivity index (χ0n) is 68.2. The first-order valence-corrected chi connectivity index (χ1v) is 47.1. The summed E-state index contributed by atoms with van der Waals surface area (Å²) < 4.78 is 99.5. The number of aryl methyl sites for hydroxylation is 5. The molecule has 0 unspecified atom stereocenters. The summed E-state index contributed by atoms with van der Waals surface area (Å²) in [5, 5.41) is 30.8. The average Bonchev–Trinajstić information content (AvgIpc) is 1.69. The van der Waals surface area contributed by atoms with Crippen molar-refractivity contribution < 1.29 is 45.5 Å². The second kappa shape index (κ2) is 41.7. The van der Waals surface area contributed by atoms with Crippen LogP contribution in [0.25, 0.3) is 22.5 Å². The van der Waals surface area contributed by atoms with E-state index in [9.17, 15) is 17.5 Å². The monoisotopic (exact) mass is 1790 g/mol. The normalized spacial score (nSPS) is 15.6. The van der Waals surface area contributed by atoms with Gasteiger partial charge < -0.3 is 59.7 Å². The van der Waals surface area contributed by atoms with Crippen LogP contribution in [0.2, 0.25) is 5.28 Å². The number of aliphatic hydroxyl groups excluding tert-OH is 1. The van der Waals surface area contributed by atoms with Gasteiger partial charge >= 0.3 is 0 Å². The van der Waals surface area contributed by atoms with E-state index in [0.717, 1.165) is 112 Å². The molecule has 6 N–H and O–H groups in total. The maximum Gasteiger partial charge on any atom is 0.294 e. The van der Waals surface area contributed by atoms with Gasteiger partial charge in [-0.1, -0.05) is 44.9 Å². The van der Waals surface area contributed by atoms with Gasteiger partial charge in [-0.15, -0.1) is 0 Å². The summed E-state index contributed by atoms with van der Waals surface area (Å²) in [5.74, 6) is 1.75. The number of unbranched alkanes of at least 4 members (excludes halogenated alkanes) is 1. The number of benzene rings is 5. The van der Waals surface area contributed by atoms with Crippen LogP contribution in [-0.4, -0.2) is 240 Å². The Labute approximate surface area is 697 Å². The number of nitrogen functional groups attached to an aromatic ring is 1. The van der Waals surface area contributed by atoms with E-state index in [1.165, 1.54) is 128 Å². The van der Waals surface area contributed by atoms with Crippen molar-refractivity contribution in [2.45, 2.75) is 102 Å². The number of hydrogen-bond acceptors (Lipinski definition) is 24. The number of piperazine rings is 2. The topological polar surface area (TPSA) is 310 Å². The van der Waals surface area contributed by atoms with Crippen LogP contribution in [0.3, 0.4) is 0 Å². The predicted octanol–water partition coefficient (Wildman–Crippen LogP) is 13.4. The summed E-state index contributed by atoms with van der Waals surface area (Å²) in [6.45, 7) is 28.5. The molecule has 115 heavy (non-hydrogen) atoms. The van der Waals surface area contributed by atoms with Crippen molar-refractivity contribution in [3.8, 4) is 34.0 Å². The Balaban J connectivity index is 0.000000192. The highest BCUT2D eigenvalue weighted by Crippen LogP contribution is 2.45. The van der Waals surface area contributed by atoms with Crippen molar-refractivity contribution in [1.29, 1.82) is 0 Å². The number of methoxy groups -OCH3 is 2. The molecule has 9 aromatic rings. The summed E-state index contributed by atoms with van der Waals surface area (Å²) in [6.07, 6.45) is 15.3. The van der Waals surface area contributed by atoms with Crippen LogP contribution >= 0.6 is 57.7 Å². The number of nitrogens with zero attached hydrogens (tertiary/aromatic N) is 16. The highest BCUT2D eigenvalue weighted by atomic mass is 79.9. The molecule has 4 aliphatic rings. The molecule has 0 radical (unpaired) electrons. The molecular formula is C80H110Br2ClF2N19O8P2S. The maximum atomic E-state index is 16.0. The number of nitrogens with one attached hydrogen (secondary N) is 2.